The summed E-state index contributed by atoms with van der Waals surface area (Å²) in [5.41, 5.74) is 1.78. The van der Waals surface area contributed by atoms with E-state index in [2.05, 4.69) is 4.98 Å². The summed E-state index contributed by atoms with van der Waals surface area (Å²) in [5, 5.41) is 21.9. The Labute approximate surface area is 123 Å². The maximum atomic E-state index is 11.1. The number of hydrogen-bond donors (Lipinski definition) is 1. The third kappa shape index (κ3) is 3.28. The van der Waals surface area contributed by atoms with Crippen LogP contribution in [0.4, 0.5) is 11.4 Å². The molecule has 1 aromatic carbocycles. The summed E-state index contributed by atoms with van der Waals surface area (Å²) in [6.45, 7) is 4.28. The number of fused-ring (bicyclic) bond motifs is 1. The Morgan fingerprint density at radius 3 is 2.76 bits per heavy atom. The first-order valence-electron chi connectivity index (χ1n) is 6.83. The molecule has 0 aliphatic carbocycles. The average molecular weight is 289 g/mol. The molecule has 21 heavy (non-hydrogen) atoms. The Morgan fingerprint density at radius 2 is 2.14 bits per heavy atom. The van der Waals surface area contributed by atoms with Gasteiger partial charge in [-0.3, -0.25) is 15.1 Å². The molecule has 1 N–H and O–H groups in total. The van der Waals surface area contributed by atoms with Crippen LogP contribution in [0.15, 0.2) is 24.4 Å². The molecule has 0 spiro atoms. The van der Waals surface area contributed by atoms with Gasteiger partial charge < -0.3 is 10.0 Å². The normalized spacial score (nSPS) is 12.4. The van der Waals surface area contributed by atoms with Crippen molar-refractivity contribution in [2.45, 2.75) is 26.4 Å². The first-order chi connectivity index (χ1) is 9.90. The van der Waals surface area contributed by atoms with Gasteiger partial charge in [-0.25, -0.2) is 0 Å². The summed E-state index contributed by atoms with van der Waals surface area (Å²) in [4.78, 5) is 16.9. The van der Waals surface area contributed by atoms with E-state index in [-0.39, 0.29) is 16.7 Å². The van der Waals surface area contributed by atoms with Crippen LogP contribution in [0.2, 0.25) is 0 Å². The monoisotopic (exact) mass is 289 g/mol. The summed E-state index contributed by atoms with van der Waals surface area (Å²) in [6.07, 6.45) is 1.81. The number of rotatable bonds is 5. The smallest absolute Gasteiger partial charge is 0.278 e. The molecule has 6 heteroatoms. The zero-order valence-corrected chi connectivity index (χ0v) is 12.4. The van der Waals surface area contributed by atoms with E-state index in [0.717, 1.165) is 16.8 Å². The van der Waals surface area contributed by atoms with Crippen molar-refractivity contribution in [1.29, 1.82) is 0 Å². The van der Waals surface area contributed by atoms with Crippen LogP contribution in [0.1, 0.15) is 19.0 Å². The maximum Gasteiger partial charge on any atom is 0.278 e. The largest absolute Gasteiger partial charge is 0.393 e. The highest BCUT2D eigenvalue weighted by molar-refractivity contribution is 5.99. The molecule has 1 aromatic heterocycles. The molecule has 112 valence electrons. The van der Waals surface area contributed by atoms with Gasteiger partial charge in [-0.1, -0.05) is 0 Å². The molecule has 1 unspecified atom stereocenters. The van der Waals surface area contributed by atoms with Gasteiger partial charge in [0.1, 0.15) is 0 Å². The molecule has 0 fully saturated rings. The number of anilines is 1. The Morgan fingerprint density at radius 1 is 1.43 bits per heavy atom. The SMILES string of the molecule is Cc1cc2c(N(C)CCC(C)O)ccc([N+](=O)[O-])c2cn1. The van der Waals surface area contributed by atoms with Crippen LogP contribution >= 0.6 is 0 Å². The number of non-ortho nitro benzene ring substituents is 1. The molecule has 2 aromatic rings. The predicted molar refractivity (Wildman–Crippen MR) is 82.7 cm³/mol. The fourth-order valence-electron chi connectivity index (χ4n) is 2.31. The van der Waals surface area contributed by atoms with Crippen molar-refractivity contribution in [3.05, 3.63) is 40.2 Å². The van der Waals surface area contributed by atoms with E-state index in [1.807, 2.05) is 24.9 Å². The van der Waals surface area contributed by atoms with Crippen LogP contribution in [0.3, 0.4) is 0 Å². The van der Waals surface area contributed by atoms with Gasteiger partial charge in [0, 0.05) is 42.6 Å². The second-order valence-electron chi connectivity index (χ2n) is 5.29. The Hall–Kier alpha value is -2.21. The third-order valence-electron chi connectivity index (χ3n) is 3.48. The van der Waals surface area contributed by atoms with E-state index in [9.17, 15) is 15.2 Å². The molecule has 0 saturated heterocycles. The summed E-state index contributed by atoms with van der Waals surface area (Å²) >= 11 is 0. The van der Waals surface area contributed by atoms with E-state index >= 15 is 0 Å². The molecular formula is C15H19N3O3. The molecule has 0 aliphatic rings. The van der Waals surface area contributed by atoms with Crippen molar-refractivity contribution in [3.63, 3.8) is 0 Å². The number of aryl methyl sites for hydroxylation is 1. The second-order valence-corrected chi connectivity index (χ2v) is 5.29. The Bertz CT molecular complexity index is 671. The highest BCUT2D eigenvalue weighted by Gasteiger charge is 2.17. The number of aromatic nitrogens is 1. The fourth-order valence-corrected chi connectivity index (χ4v) is 2.31. The lowest BCUT2D eigenvalue weighted by Crippen LogP contribution is -2.22. The first kappa shape index (κ1) is 15.2. The second kappa shape index (κ2) is 6.05. The summed E-state index contributed by atoms with van der Waals surface area (Å²) in [7, 11) is 1.92. The van der Waals surface area contributed by atoms with Crippen LogP contribution in [-0.2, 0) is 0 Å². The first-order valence-corrected chi connectivity index (χ1v) is 6.83. The van der Waals surface area contributed by atoms with Gasteiger partial charge in [0.05, 0.1) is 16.4 Å². The standard InChI is InChI=1S/C15H19N3O3/c1-10-8-12-13(9-16-10)15(18(20)21)5-4-14(12)17(3)7-6-11(2)19/h4-5,8-9,11,19H,6-7H2,1-3H3. The quantitative estimate of drug-likeness (QED) is 0.676. The topological polar surface area (TPSA) is 79.5 Å². The lowest BCUT2D eigenvalue weighted by atomic mass is 10.1. The molecule has 1 atom stereocenters. The predicted octanol–water partition coefficient (Wildman–Crippen LogP) is 2.66. The summed E-state index contributed by atoms with van der Waals surface area (Å²) in [6, 6.07) is 5.12. The Kier molecular flexibility index (Phi) is 4.37. The number of benzene rings is 1. The van der Waals surface area contributed by atoms with Crippen LogP contribution in [0.5, 0.6) is 0 Å². The van der Waals surface area contributed by atoms with E-state index < -0.39 is 0 Å². The lowest BCUT2D eigenvalue weighted by molar-refractivity contribution is -0.383. The molecule has 2 rings (SSSR count). The minimum atomic E-state index is -0.390. The van der Waals surface area contributed by atoms with Gasteiger partial charge in [-0.05, 0) is 32.4 Å². The number of hydrogen-bond acceptors (Lipinski definition) is 5. The molecule has 0 amide bonds. The van der Waals surface area contributed by atoms with Crippen molar-refractivity contribution < 1.29 is 10.0 Å². The zero-order chi connectivity index (χ0) is 15.6. The van der Waals surface area contributed by atoms with E-state index in [1.54, 1.807) is 19.2 Å². The molecule has 0 aliphatic heterocycles. The number of aliphatic hydroxyl groups excluding tert-OH is 1. The fraction of sp³-hybridized carbons (Fsp3) is 0.400. The highest BCUT2D eigenvalue weighted by Crippen LogP contribution is 2.33. The zero-order valence-electron chi connectivity index (χ0n) is 12.4. The highest BCUT2D eigenvalue weighted by atomic mass is 16.6. The minimum absolute atomic E-state index is 0.0603. The summed E-state index contributed by atoms with van der Waals surface area (Å²) < 4.78 is 0. The molecule has 0 radical (unpaired) electrons. The molecular weight excluding hydrogens is 270 g/mol. The molecule has 0 saturated carbocycles. The van der Waals surface area contributed by atoms with Gasteiger partial charge in [0.2, 0.25) is 0 Å². The van der Waals surface area contributed by atoms with Gasteiger partial charge in [-0.15, -0.1) is 0 Å². The lowest BCUT2D eigenvalue weighted by Gasteiger charge is -2.22. The van der Waals surface area contributed by atoms with E-state index in [1.165, 1.54) is 6.07 Å². The maximum absolute atomic E-state index is 11.1. The van der Waals surface area contributed by atoms with Gasteiger partial charge in [-0.2, -0.15) is 0 Å². The van der Waals surface area contributed by atoms with Crippen LogP contribution in [0, 0.1) is 17.0 Å². The van der Waals surface area contributed by atoms with Crippen molar-refractivity contribution in [1.82, 2.24) is 4.98 Å². The number of nitro benzene ring substituents is 1. The van der Waals surface area contributed by atoms with Crippen LogP contribution < -0.4 is 4.90 Å². The average Bonchev–Trinajstić information content (AvgIpc) is 2.43. The van der Waals surface area contributed by atoms with Crippen LogP contribution in [0.25, 0.3) is 10.8 Å². The van der Waals surface area contributed by atoms with Crippen molar-refractivity contribution in [2.24, 2.45) is 0 Å². The Balaban J connectivity index is 2.52. The minimum Gasteiger partial charge on any atom is -0.393 e. The van der Waals surface area contributed by atoms with Crippen molar-refractivity contribution in [3.8, 4) is 0 Å². The summed E-state index contributed by atoms with van der Waals surface area (Å²) in [5.74, 6) is 0. The number of nitrogens with zero attached hydrogens (tertiary/aromatic N) is 3. The van der Waals surface area contributed by atoms with Crippen molar-refractivity contribution in [2.75, 3.05) is 18.5 Å². The number of aliphatic hydroxyl groups is 1. The van der Waals surface area contributed by atoms with Gasteiger partial charge >= 0.3 is 0 Å². The molecule has 0 bridgehead atoms. The number of pyridine rings is 1. The molecule has 6 nitrogen and oxygen atoms in total. The number of nitro groups is 1. The van der Waals surface area contributed by atoms with Gasteiger partial charge in [0.25, 0.3) is 5.69 Å². The van der Waals surface area contributed by atoms with E-state index in [4.69, 9.17) is 0 Å². The van der Waals surface area contributed by atoms with Gasteiger partial charge in [0.15, 0.2) is 0 Å². The van der Waals surface area contributed by atoms with E-state index in [0.29, 0.717) is 18.4 Å². The van der Waals surface area contributed by atoms with Crippen molar-refractivity contribution >= 4 is 22.1 Å². The van der Waals surface area contributed by atoms with Crippen LogP contribution in [-0.4, -0.2) is 34.7 Å². The molecule has 1 heterocycles. The third-order valence-corrected chi connectivity index (χ3v) is 3.48.